The Bertz CT molecular complexity index is 363. The summed E-state index contributed by atoms with van der Waals surface area (Å²) < 4.78 is 5.81. The monoisotopic (exact) mass is 324 g/mol. The van der Waals surface area contributed by atoms with E-state index in [2.05, 4.69) is 22.6 Å². The highest BCUT2D eigenvalue weighted by atomic mass is 127. The molecule has 1 aromatic rings. The van der Waals surface area contributed by atoms with Crippen molar-refractivity contribution in [3.05, 3.63) is 31.9 Å². The van der Waals surface area contributed by atoms with Gasteiger partial charge < -0.3 is 4.74 Å². The number of aryl methyl sites for hydroxylation is 1. The number of hydrogen-bond donors (Lipinski definition) is 0. The lowest BCUT2D eigenvalue weighted by Crippen LogP contribution is -2.07. The molecule has 0 atom stereocenters. The van der Waals surface area contributed by atoms with Crippen molar-refractivity contribution in [2.75, 3.05) is 6.61 Å². The molecule has 1 rings (SSSR count). The van der Waals surface area contributed by atoms with Crippen LogP contribution < -0.4 is 0 Å². The molecule has 76 valence electrons. The molecule has 0 aromatic heterocycles. The minimum absolute atomic E-state index is 0.317. The van der Waals surface area contributed by atoms with Crippen molar-refractivity contribution in [1.82, 2.24) is 0 Å². The molecule has 0 saturated carbocycles. The smallest absolute Gasteiger partial charge is 0.339 e. The molecule has 0 unspecified atom stereocenters. The number of hydrogen-bond acceptors (Lipinski definition) is 2. The topological polar surface area (TPSA) is 26.3 Å². The predicted molar refractivity (Wildman–Crippen MR) is 64.9 cm³/mol. The molecule has 0 aliphatic heterocycles. The van der Waals surface area contributed by atoms with Gasteiger partial charge in [0.05, 0.1) is 12.2 Å². The number of rotatable bonds is 2. The third-order valence-corrected chi connectivity index (χ3v) is 3.36. The second-order valence-corrected chi connectivity index (χ2v) is 4.32. The van der Waals surface area contributed by atoms with Crippen molar-refractivity contribution < 1.29 is 9.53 Å². The average Bonchev–Trinajstić information content (AvgIpc) is 2.11. The molecular weight excluding hydrogens is 314 g/mol. The van der Waals surface area contributed by atoms with Gasteiger partial charge in [0.1, 0.15) is 0 Å². The molecule has 0 fully saturated rings. The highest BCUT2D eigenvalue weighted by molar-refractivity contribution is 14.1. The van der Waals surface area contributed by atoms with E-state index in [4.69, 9.17) is 16.3 Å². The van der Waals surface area contributed by atoms with E-state index in [1.807, 2.05) is 13.0 Å². The molecule has 0 N–H and O–H groups in total. The molecule has 0 bridgehead atoms. The van der Waals surface area contributed by atoms with Crippen LogP contribution in [-0.2, 0) is 4.74 Å². The normalized spacial score (nSPS) is 10.0. The first-order valence-corrected chi connectivity index (χ1v) is 5.64. The maximum Gasteiger partial charge on any atom is 0.339 e. The Morgan fingerprint density at radius 2 is 2.21 bits per heavy atom. The SMILES string of the molecule is CCOC(=O)c1cc(Cl)cc(C)c1I. The van der Waals surface area contributed by atoms with Crippen LogP contribution >= 0.6 is 34.2 Å². The lowest BCUT2D eigenvalue weighted by atomic mass is 10.1. The summed E-state index contributed by atoms with van der Waals surface area (Å²) in [6, 6.07) is 3.46. The van der Waals surface area contributed by atoms with E-state index in [1.54, 1.807) is 13.0 Å². The molecule has 0 saturated heterocycles. The second kappa shape index (κ2) is 4.98. The van der Waals surface area contributed by atoms with Gasteiger partial charge in [-0.1, -0.05) is 11.6 Å². The zero-order valence-electron chi connectivity index (χ0n) is 7.93. The zero-order chi connectivity index (χ0) is 10.7. The van der Waals surface area contributed by atoms with Crippen LogP contribution in [0.5, 0.6) is 0 Å². The molecule has 14 heavy (non-hydrogen) atoms. The van der Waals surface area contributed by atoms with Gasteiger partial charge in [0.15, 0.2) is 0 Å². The van der Waals surface area contributed by atoms with Gasteiger partial charge in [-0.3, -0.25) is 0 Å². The summed E-state index contributed by atoms with van der Waals surface area (Å²) in [4.78, 5) is 11.5. The largest absolute Gasteiger partial charge is 0.462 e. The summed E-state index contributed by atoms with van der Waals surface area (Å²) in [7, 11) is 0. The van der Waals surface area contributed by atoms with Crippen LogP contribution in [0.25, 0.3) is 0 Å². The van der Waals surface area contributed by atoms with Crippen LogP contribution in [0.15, 0.2) is 12.1 Å². The number of ether oxygens (including phenoxy) is 1. The molecule has 0 spiro atoms. The molecule has 0 radical (unpaired) electrons. The number of esters is 1. The number of halogens is 2. The van der Waals surface area contributed by atoms with Crippen molar-refractivity contribution in [1.29, 1.82) is 0 Å². The van der Waals surface area contributed by atoms with E-state index < -0.39 is 0 Å². The van der Waals surface area contributed by atoms with E-state index in [-0.39, 0.29) is 5.97 Å². The Kier molecular flexibility index (Phi) is 4.19. The first-order valence-electron chi connectivity index (χ1n) is 4.19. The first kappa shape index (κ1) is 11.8. The van der Waals surface area contributed by atoms with Gasteiger partial charge in [-0.15, -0.1) is 0 Å². The zero-order valence-corrected chi connectivity index (χ0v) is 10.8. The summed E-state index contributed by atoms with van der Waals surface area (Å²) in [5, 5.41) is 0.561. The van der Waals surface area contributed by atoms with Gasteiger partial charge in [0, 0.05) is 8.59 Å². The fraction of sp³-hybridized carbons (Fsp3) is 0.300. The molecule has 1 aromatic carbocycles. The van der Waals surface area contributed by atoms with Gasteiger partial charge in [-0.25, -0.2) is 4.79 Å². The Balaban J connectivity index is 3.13. The van der Waals surface area contributed by atoms with Crippen LogP contribution in [0.2, 0.25) is 5.02 Å². The number of carbonyl (C=O) groups excluding carboxylic acids is 1. The Labute approximate surface area is 102 Å². The minimum Gasteiger partial charge on any atom is -0.462 e. The van der Waals surface area contributed by atoms with Gasteiger partial charge in [-0.05, 0) is 54.1 Å². The molecule has 4 heteroatoms. The first-order chi connectivity index (χ1) is 6.56. The molecular formula is C10H10ClIO2. The summed E-state index contributed by atoms with van der Waals surface area (Å²) in [6.45, 7) is 4.07. The van der Waals surface area contributed by atoms with Gasteiger partial charge >= 0.3 is 5.97 Å². The van der Waals surface area contributed by atoms with Gasteiger partial charge in [-0.2, -0.15) is 0 Å². The highest BCUT2D eigenvalue weighted by Crippen LogP contribution is 2.22. The second-order valence-electron chi connectivity index (χ2n) is 2.80. The summed E-state index contributed by atoms with van der Waals surface area (Å²) in [5.41, 5.74) is 1.53. The van der Waals surface area contributed by atoms with Crippen LogP contribution in [0.3, 0.4) is 0 Å². The standard InChI is InChI=1S/C10H10ClIO2/c1-3-14-10(13)8-5-7(11)4-6(2)9(8)12/h4-5H,3H2,1-2H3. The Morgan fingerprint density at radius 3 is 2.79 bits per heavy atom. The maximum atomic E-state index is 11.5. The van der Waals surface area contributed by atoms with Crippen LogP contribution in [-0.4, -0.2) is 12.6 Å². The predicted octanol–water partition coefficient (Wildman–Crippen LogP) is 3.43. The fourth-order valence-electron chi connectivity index (χ4n) is 1.08. The molecule has 0 aliphatic rings. The van der Waals surface area contributed by atoms with E-state index >= 15 is 0 Å². The van der Waals surface area contributed by atoms with Crippen molar-refractivity contribution >= 4 is 40.2 Å². The van der Waals surface area contributed by atoms with Crippen molar-refractivity contribution in [3.63, 3.8) is 0 Å². The Morgan fingerprint density at radius 1 is 1.57 bits per heavy atom. The van der Waals surface area contributed by atoms with E-state index in [0.29, 0.717) is 17.2 Å². The van der Waals surface area contributed by atoms with E-state index in [1.165, 1.54) is 0 Å². The number of carbonyl (C=O) groups is 1. The van der Waals surface area contributed by atoms with Crippen LogP contribution in [0, 0.1) is 10.5 Å². The molecule has 0 amide bonds. The summed E-state index contributed by atoms with van der Waals surface area (Å²) in [6.07, 6.45) is 0. The third-order valence-electron chi connectivity index (χ3n) is 1.71. The van der Waals surface area contributed by atoms with Gasteiger partial charge in [0.2, 0.25) is 0 Å². The highest BCUT2D eigenvalue weighted by Gasteiger charge is 2.13. The molecule has 2 nitrogen and oxygen atoms in total. The number of benzene rings is 1. The fourth-order valence-corrected chi connectivity index (χ4v) is 1.89. The average molecular weight is 325 g/mol. The third kappa shape index (κ3) is 2.60. The summed E-state index contributed by atoms with van der Waals surface area (Å²) in [5.74, 6) is -0.317. The van der Waals surface area contributed by atoms with Crippen LogP contribution in [0.4, 0.5) is 0 Å². The van der Waals surface area contributed by atoms with Gasteiger partial charge in [0.25, 0.3) is 0 Å². The molecule has 0 aliphatic carbocycles. The van der Waals surface area contributed by atoms with Crippen molar-refractivity contribution in [3.8, 4) is 0 Å². The Hall–Kier alpha value is -0.290. The summed E-state index contributed by atoms with van der Waals surface area (Å²) >= 11 is 7.97. The maximum absolute atomic E-state index is 11.5. The lowest BCUT2D eigenvalue weighted by Gasteiger charge is -2.07. The quantitative estimate of drug-likeness (QED) is 0.615. The van der Waals surface area contributed by atoms with E-state index in [9.17, 15) is 4.79 Å². The van der Waals surface area contributed by atoms with Crippen LogP contribution in [0.1, 0.15) is 22.8 Å². The van der Waals surface area contributed by atoms with Crippen molar-refractivity contribution in [2.45, 2.75) is 13.8 Å². The van der Waals surface area contributed by atoms with Crippen molar-refractivity contribution in [2.24, 2.45) is 0 Å². The lowest BCUT2D eigenvalue weighted by molar-refractivity contribution is 0.0525. The van der Waals surface area contributed by atoms with E-state index in [0.717, 1.165) is 9.13 Å². The molecule has 0 heterocycles. The minimum atomic E-state index is -0.317.